The maximum absolute atomic E-state index is 13.2. The third-order valence-corrected chi connectivity index (χ3v) is 10.4. The second-order valence-electron chi connectivity index (χ2n) is 13.6. The van der Waals surface area contributed by atoms with Crippen LogP contribution in [0.3, 0.4) is 0 Å². The minimum absolute atomic E-state index is 0.0949. The molecule has 2 saturated heterocycles. The number of benzene rings is 2. The third-order valence-electron chi connectivity index (χ3n) is 10.4. The minimum atomic E-state index is -0.970. The Morgan fingerprint density at radius 3 is 2.51 bits per heavy atom. The average Bonchev–Trinajstić information content (AvgIpc) is 3.73. The Kier molecular flexibility index (Phi) is 6.49. The van der Waals surface area contributed by atoms with Crippen LogP contribution in [0, 0.1) is 5.92 Å². The number of nitrogens with one attached hydrogen (secondary N) is 3. The molecule has 47 heavy (non-hydrogen) atoms. The Balaban J connectivity index is 0.864. The number of hydrogen-bond donors (Lipinski definition) is 3. The van der Waals surface area contributed by atoms with Crippen molar-refractivity contribution in [3.05, 3.63) is 71.2 Å². The first-order valence-corrected chi connectivity index (χ1v) is 16.6. The largest absolute Gasteiger partial charge is 0.385 e. The maximum atomic E-state index is 13.2. The van der Waals surface area contributed by atoms with Gasteiger partial charge in [-0.25, -0.2) is 4.98 Å². The molecule has 1 atom stereocenters. The standard InChI is InChI=1S/C35H34N8O4/c44-30-9-8-29(33(45)40-30)43-34(46)24-7-6-21(12-25(24)35(43)47)37-13-18-10-22(11-18)42-17-26(31(41-42)19-4-5-19)28-16-38-32-23(20-14-36-15-20)2-1-3-27(32)39-28/h1-3,6-7,12,16-20,22,29,36-37H,4-5,8-11,13-15H2,(H,40,44,45)/t18-,22-,29?. The molecule has 4 fully saturated rings. The zero-order valence-electron chi connectivity index (χ0n) is 25.7. The highest BCUT2D eigenvalue weighted by molar-refractivity contribution is 6.23. The molecule has 2 saturated carbocycles. The Hall–Kier alpha value is -4.97. The lowest BCUT2D eigenvalue weighted by molar-refractivity contribution is -0.136. The van der Waals surface area contributed by atoms with E-state index in [2.05, 4.69) is 45.0 Å². The summed E-state index contributed by atoms with van der Waals surface area (Å²) in [7, 11) is 0. The first-order chi connectivity index (χ1) is 22.9. The van der Waals surface area contributed by atoms with Crippen LogP contribution in [0.25, 0.3) is 22.3 Å². The van der Waals surface area contributed by atoms with Crippen molar-refractivity contribution >= 4 is 40.3 Å². The SMILES string of the molecule is O=C1CCC(N2C(=O)c3ccc(NC[C@H]4C[C@H](n5cc(-c6cnc7c(C8CNC8)cccc7n6)c(C6CC6)n5)C4)cc3C2=O)C(=O)N1. The molecule has 2 aliphatic carbocycles. The zero-order valence-corrected chi connectivity index (χ0v) is 25.7. The van der Waals surface area contributed by atoms with Gasteiger partial charge in [-0.05, 0) is 67.9 Å². The summed E-state index contributed by atoms with van der Waals surface area (Å²) in [6, 6.07) is 10.8. The van der Waals surface area contributed by atoms with Gasteiger partial charge in [-0.15, -0.1) is 0 Å². The fourth-order valence-corrected chi connectivity index (χ4v) is 7.41. The number of para-hydroxylation sites is 1. The molecule has 5 aliphatic rings. The second-order valence-corrected chi connectivity index (χ2v) is 13.6. The number of fused-ring (bicyclic) bond motifs is 2. The van der Waals surface area contributed by atoms with Crippen LogP contribution in [0.1, 0.15) is 88.4 Å². The Labute approximate surface area is 270 Å². The van der Waals surface area contributed by atoms with Crippen LogP contribution >= 0.6 is 0 Å². The fourth-order valence-electron chi connectivity index (χ4n) is 7.41. The van der Waals surface area contributed by atoms with Crippen molar-refractivity contribution in [2.45, 2.75) is 62.4 Å². The van der Waals surface area contributed by atoms with Crippen molar-refractivity contribution in [3.63, 3.8) is 0 Å². The average molecular weight is 631 g/mol. The topological polar surface area (TPSA) is 151 Å². The maximum Gasteiger partial charge on any atom is 0.262 e. The number of rotatable bonds is 8. The van der Waals surface area contributed by atoms with Gasteiger partial charge >= 0.3 is 0 Å². The van der Waals surface area contributed by atoms with Crippen molar-refractivity contribution in [2.75, 3.05) is 25.0 Å². The number of amides is 4. The fraction of sp³-hybridized carbons (Fsp3) is 0.400. The van der Waals surface area contributed by atoms with E-state index in [1.165, 1.54) is 5.56 Å². The highest BCUT2D eigenvalue weighted by Gasteiger charge is 2.45. The molecular formula is C35H34N8O4. The predicted molar refractivity (Wildman–Crippen MR) is 172 cm³/mol. The van der Waals surface area contributed by atoms with Crippen LogP contribution in [-0.2, 0) is 9.59 Å². The number of carbonyl (C=O) groups is 4. The van der Waals surface area contributed by atoms with Gasteiger partial charge < -0.3 is 10.6 Å². The van der Waals surface area contributed by atoms with Gasteiger partial charge in [0.25, 0.3) is 11.8 Å². The van der Waals surface area contributed by atoms with E-state index < -0.39 is 29.7 Å². The summed E-state index contributed by atoms with van der Waals surface area (Å²) < 4.78 is 2.13. The molecule has 12 heteroatoms. The second kappa shape index (κ2) is 10.8. The molecule has 5 heterocycles. The first kappa shape index (κ1) is 28.3. The van der Waals surface area contributed by atoms with E-state index in [0.717, 1.165) is 83.9 Å². The van der Waals surface area contributed by atoms with E-state index in [0.29, 0.717) is 23.8 Å². The molecule has 9 rings (SSSR count). The third kappa shape index (κ3) is 4.81. The van der Waals surface area contributed by atoms with Crippen molar-refractivity contribution in [2.24, 2.45) is 5.92 Å². The molecule has 1 unspecified atom stereocenters. The molecule has 4 aromatic rings. The Morgan fingerprint density at radius 1 is 0.915 bits per heavy atom. The molecule has 3 aliphatic heterocycles. The van der Waals surface area contributed by atoms with E-state index in [-0.39, 0.29) is 24.0 Å². The minimum Gasteiger partial charge on any atom is -0.385 e. The molecule has 12 nitrogen and oxygen atoms in total. The zero-order chi connectivity index (χ0) is 31.8. The molecule has 0 radical (unpaired) electrons. The van der Waals surface area contributed by atoms with Gasteiger partial charge in [0, 0.05) is 55.3 Å². The number of nitrogens with zero attached hydrogens (tertiary/aromatic N) is 5. The lowest BCUT2D eigenvalue weighted by Gasteiger charge is -2.35. The van der Waals surface area contributed by atoms with E-state index in [9.17, 15) is 19.2 Å². The predicted octanol–water partition coefficient (Wildman–Crippen LogP) is 3.52. The van der Waals surface area contributed by atoms with Crippen molar-refractivity contribution in [1.82, 2.24) is 35.3 Å². The summed E-state index contributed by atoms with van der Waals surface area (Å²) in [5.41, 5.74) is 7.59. The lowest BCUT2D eigenvalue weighted by Crippen LogP contribution is -2.54. The van der Waals surface area contributed by atoms with Gasteiger partial charge in [-0.1, -0.05) is 12.1 Å². The molecule has 2 aromatic heterocycles. The van der Waals surface area contributed by atoms with Crippen LogP contribution in [0.5, 0.6) is 0 Å². The smallest absolute Gasteiger partial charge is 0.262 e. The molecular weight excluding hydrogens is 596 g/mol. The normalized spacial score (nSPS) is 24.3. The van der Waals surface area contributed by atoms with E-state index in [1.807, 2.05) is 6.20 Å². The van der Waals surface area contributed by atoms with Gasteiger partial charge in [0.2, 0.25) is 11.8 Å². The number of aromatic nitrogens is 4. The van der Waals surface area contributed by atoms with E-state index >= 15 is 0 Å². The van der Waals surface area contributed by atoms with Gasteiger partial charge in [0.05, 0.1) is 45.8 Å². The van der Waals surface area contributed by atoms with Gasteiger partial charge in [0.1, 0.15) is 6.04 Å². The highest BCUT2D eigenvalue weighted by Crippen LogP contribution is 2.46. The van der Waals surface area contributed by atoms with Crippen LogP contribution in [0.2, 0.25) is 0 Å². The van der Waals surface area contributed by atoms with Crippen molar-refractivity contribution in [1.29, 1.82) is 0 Å². The number of carbonyl (C=O) groups excluding carboxylic acids is 4. The van der Waals surface area contributed by atoms with E-state index in [4.69, 9.17) is 15.1 Å². The molecule has 3 N–H and O–H groups in total. The lowest BCUT2D eigenvalue weighted by atomic mass is 9.80. The molecule has 2 aromatic carbocycles. The molecule has 238 valence electrons. The monoisotopic (exact) mass is 630 g/mol. The number of hydrogen-bond acceptors (Lipinski definition) is 9. The molecule has 0 spiro atoms. The van der Waals surface area contributed by atoms with Gasteiger partial charge in [-0.3, -0.25) is 39.1 Å². The molecule has 0 bridgehead atoms. The summed E-state index contributed by atoms with van der Waals surface area (Å²) in [4.78, 5) is 61.1. The van der Waals surface area contributed by atoms with Gasteiger partial charge in [-0.2, -0.15) is 5.10 Å². The Bertz CT molecular complexity index is 1990. The summed E-state index contributed by atoms with van der Waals surface area (Å²) in [5, 5.41) is 14.1. The molecule has 4 amide bonds. The quantitative estimate of drug-likeness (QED) is 0.249. The number of anilines is 1. The number of imide groups is 2. The van der Waals surface area contributed by atoms with Gasteiger partial charge in [0.15, 0.2) is 0 Å². The van der Waals surface area contributed by atoms with Crippen LogP contribution in [-0.4, -0.2) is 74.0 Å². The van der Waals surface area contributed by atoms with Crippen LogP contribution in [0.4, 0.5) is 5.69 Å². The van der Waals surface area contributed by atoms with Crippen LogP contribution < -0.4 is 16.0 Å². The summed E-state index contributed by atoms with van der Waals surface area (Å²) in [5.74, 6) is -0.588. The first-order valence-electron chi connectivity index (χ1n) is 16.6. The van der Waals surface area contributed by atoms with Crippen molar-refractivity contribution in [3.8, 4) is 11.3 Å². The Morgan fingerprint density at radius 2 is 1.74 bits per heavy atom. The summed E-state index contributed by atoms with van der Waals surface area (Å²) in [6.07, 6.45) is 8.57. The summed E-state index contributed by atoms with van der Waals surface area (Å²) >= 11 is 0. The number of piperidine rings is 1. The van der Waals surface area contributed by atoms with E-state index in [1.54, 1.807) is 18.2 Å². The highest BCUT2D eigenvalue weighted by atomic mass is 16.2. The summed E-state index contributed by atoms with van der Waals surface area (Å²) in [6.45, 7) is 2.70. The van der Waals surface area contributed by atoms with Crippen molar-refractivity contribution < 1.29 is 19.2 Å². The van der Waals surface area contributed by atoms with Crippen LogP contribution in [0.15, 0.2) is 48.8 Å².